The van der Waals surface area contributed by atoms with Crippen molar-refractivity contribution in [1.29, 1.82) is 0 Å². The first-order valence-corrected chi connectivity index (χ1v) is 7.85. The van der Waals surface area contributed by atoms with E-state index in [0.717, 1.165) is 17.1 Å². The molecule has 2 atom stereocenters. The summed E-state index contributed by atoms with van der Waals surface area (Å²) >= 11 is 3.70. The maximum atomic E-state index is 5.68. The molecule has 3 N–H and O–H groups in total. The first-order chi connectivity index (χ1) is 8.36. The molecule has 17 heavy (non-hydrogen) atoms. The van der Waals surface area contributed by atoms with Crippen LogP contribution in [-0.4, -0.2) is 26.9 Å². The molecule has 6 heteroatoms. The second-order valence-electron chi connectivity index (χ2n) is 4.43. The van der Waals surface area contributed by atoms with Crippen LogP contribution in [0.15, 0.2) is 17.8 Å². The van der Waals surface area contributed by atoms with Gasteiger partial charge in [-0.1, -0.05) is 0 Å². The minimum atomic E-state index is 0.356. The number of imidazole rings is 1. The van der Waals surface area contributed by atoms with Gasteiger partial charge in [0.1, 0.15) is 0 Å². The fourth-order valence-corrected chi connectivity index (χ4v) is 4.39. The number of hydrogen-bond acceptors (Lipinski definition) is 5. The van der Waals surface area contributed by atoms with Gasteiger partial charge in [0.2, 0.25) is 0 Å². The molecule has 0 spiro atoms. The lowest BCUT2D eigenvalue weighted by atomic mass is 9.96. The smallest absolute Gasteiger partial charge is 0.193 e. The number of thiazole rings is 1. The predicted molar refractivity (Wildman–Crippen MR) is 73.3 cm³/mol. The summed E-state index contributed by atoms with van der Waals surface area (Å²) in [5, 5.41) is 2.05. The summed E-state index contributed by atoms with van der Waals surface area (Å²) in [6.45, 7) is 0. The minimum absolute atomic E-state index is 0.356. The van der Waals surface area contributed by atoms with Crippen LogP contribution in [0.4, 0.5) is 0 Å². The summed E-state index contributed by atoms with van der Waals surface area (Å²) in [7, 11) is 0. The molecule has 0 aromatic carbocycles. The van der Waals surface area contributed by atoms with Crippen molar-refractivity contribution in [2.24, 2.45) is 11.8 Å². The molecule has 2 aromatic heterocycles. The Morgan fingerprint density at radius 3 is 3.29 bits per heavy atom. The number of nitrogens with two attached hydrogens (primary N) is 1. The first kappa shape index (κ1) is 11.5. The molecule has 1 aliphatic rings. The molecule has 2 unspecified atom stereocenters. The molecule has 92 valence electrons. The van der Waals surface area contributed by atoms with Crippen LogP contribution in [-0.2, 0) is 6.42 Å². The molecule has 4 nitrogen and oxygen atoms in total. The molecule has 3 heterocycles. The number of nitrogens with zero attached hydrogens (tertiary/aromatic N) is 2. The Kier molecular flexibility index (Phi) is 3.37. The van der Waals surface area contributed by atoms with Crippen LogP contribution in [0.3, 0.4) is 0 Å². The zero-order valence-corrected chi connectivity index (χ0v) is 11.1. The summed E-state index contributed by atoms with van der Waals surface area (Å²) < 4.78 is 2.08. The normalized spacial score (nSPS) is 22.3. The molecular weight excluding hydrogens is 252 g/mol. The molecule has 0 radical (unpaired) electrons. The maximum Gasteiger partial charge on any atom is 0.193 e. The van der Waals surface area contributed by atoms with E-state index in [1.54, 1.807) is 11.3 Å². The Hall–Kier alpha value is -0.560. The zero-order chi connectivity index (χ0) is 11.7. The van der Waals surface area contributed by atoms with E-state index in [-0.39, 0.29) is 0 Å². The highest BCUT2D eigenvalue weighted by molar-refractivity contribution is 7.99. The number of hydrogen-bond donors (Lipinski definition) is 2. The molecule has 1 aliphatic heterocycles. The summed E-state index contributed by atoms with van der Waals surface area (Å²) in [5.41, 5.74) is 4.11. The molecule has 0 saturated carbocycles. The van der Waals surface area contributed by atoms with Gasteiger partial charge in [0, 0.05) is 30.2 Å². The molecule has 0 aliphatic carbocycles. The van der Waals surface area contributed by atoms with Crippen molar-refractivity contribution in [2.45, 2.75) is 18.9 Å². The fraction of sp³-hybridized carbons (Fsp3) is 0.545. The third-order valence-corrected chi connectivity index (χ3v) is 5.28. The lowest BCUT2D eigenvalue weighted by Gasteiger charge is -2.20. The Labute approximate surface area is 109 Å². The van der Waals surface area contributed by atoms with Crippen LogP contribution in [0.2, 0.25) is 0 Å². The number of nitrogens with one attached hydrogen (secondary N) is 1. The number of fused-ring (bicyclic) bond motifs is 1. The van der Waals surface area contributed by atoms with Crippen LogP contribution in [0.25, 0.3) is 4.96 Å². The van der Waals surface area contributed by atoms with Gasteiger partial charge < -0.3 is 0 Å². The predicted octanol–water partition coefficient (Wildman–Crippen LogP) is 1.52. The van der Waals surface area contributed by atoms with E-state index >= 15 is 0 Å². The van der Waals surface area contributed by atoms with Crippen molar-refractivity contribution in [1.82, 2.24) is 14.8 Å². The molecule has 3 rings (SSSR count). The topological polar surface area (TPSA) is 55.3 Å². The fourth-order valence-electron chi connectivity index (χ4n) is 2.33. The third-order valence-electron chi connectivity index (χ3n) is 3.32. The van der Waals surface area contributed by atoms with E-state index in [4.69, 9.17) is 5.84 Å². The van der Waals surface area contributed by atoms with Gasteiger partial charge >= 0.3 is 0 Å². The van der Waals surface area contributed by atoms with Crippen molar-refractivity contribution in [3.63, 3.8) is 0 Å². The highest BCUT2D eigenvalue weighted by Crippen LogP contribution is 2.27. The van der Waals surface area contributed by atoms with Crippen molar-refractivity contribution < 1.29 is 0 Å². The number of thioether (sulfide) groups is 1. The van der Waals surface area contributed by atoms with Gasteiger partial charge in [-0.05, 0) is 23.8 Å². The Morgan fingerprint density at radius 1 is 1.65 bits per heavy atom. The van der Waals surface area contributed by atoms with Gasteiger partial charge in [0.25, 0.3) is 0 Å². The van der Waals surface area contributed by atoms with Crippen molar-refractivity contribution in [3.8, 4) is 0 Å². The summed E-state index contributed by atoms with van der Waals surface area (Å²) in [5.74, 6) is 8.85. The maximum absolute atomic E-state index is 5.68. The van der Waals surface area contributed by atoms with Crippen molar-refractivity contribution in [2.75, 3.05) is 11.5 Å². The lowest BCUT2D eigenvalue weighted by Crippen LogP contribution is -2.42. The number of aromatic nitrogens is 2. The largest absolute Gasteiger partial charge is 0.297 e. The van der Waals surface area contributed by atoms with E-state index < -0.39 is 0 Å². The first-order valence-electron chi connectivity index (χ1n) is 5.82. The lowest BCUT2D eigenvalue weighted by molar-refractivity contribution is 0.384. The second kappa shape index (κ2) is 4.97. The molecule has 1 saturated heterocycles. The Bertz CT molecular complexity index is 458. The summed E-state index contributed by atoms with van der Waals surface area (Å²) in [6, 6.07) is 0.356. The Balaban J connectivity index is 1.73. The average molecular weight is 268 g/mol. The van der Waals surface area contributed by atoms with Gasteiger partial charge in [-0.25, -0.2) is 4.98 Å². The summed E-state index contributed by atoms with van der Waals surface area (Å²) in [4.78, 5) is 5.68. The number of hydrazine groups is 1. The molecule has 0 amide bonds. The minimum Gasteiger partial charge on any atom is -0.297 e. The third kappa shape index (κ3) is 2.35. The van der Waals surface area contributed by atoms with E-state index in [0.29, 0.717) is 12.0 Å². The zero-order valence-electron chi connectivity index (χ0n) is 9.50. The van der Waals surface area contributed by atoms with Gasteiger partial charge in [-0.2, -0.15) is 11.8 Å². The highest BCUT2D eigenvalue weighted by atomic mass is 32.2. The van der Waals surface area contributed by atoms with Crippen LogP contribution in [0.1, 0.15) is 12.1 Å². The van der Waals surface area contributed by atoms with Crippen LogP contribution in [0.5, 0.6) is 0 Å². The van der Waals surface area contributed by atoms with Gasteiger partial charge in [-0.15, -0.1) is 11.3 Å². The van der Waals surface area contributed by atoms with E-state index in [9.17, 15) is 0 Å². The standard InChI is InChI=1S/C11H16N4S2/c12-14-10(8-1-3-16-7-8)5-9-6-15-2-4-17-11(15)13-9/h2,4,6,8,10,14H,1,3,5,7,12H2. The van der Waals surface area contributed by atoms with Crippen LogP contribution in [0, 0.1) is 5.92 Å². The van der Waals surface area contributed by atoms with Crippen molar-refractivity contribution in [3.05, 3.63) is 23.5 Å². The number of rotatable bonds is 4. The SMILES string of the molecule is NNC(Cc1cn2ccsc2n1)C1CCSC1. The second-order valence-corrected chi connectivity index (χ2v) is 6.45. The molecular formula is C11H16N4S2. The van der Waals surface area contributed by atoms with Crippen LogP contribution < -0.4 is 11.3 Å². The molecule has 2 aromatic rings. The van der Waals surface area contributed by atoms with Crippen LogP contribution >= 0.6 is 23.1 Å². The van der Waals surface area contributed by atoms with Crippen molar-refractivity contribution >= 4 is 28.1 Å². The monoisotopic (exact) mass is 268 g/mol. The quantitative estimate of drug-likeness (QED) is 0.652. The van der Waals surface area contributed by atoms with Gasteiger partial charge in [0.15, 0.2) is 4.96 Å². The van der Waals surface area contributed by atoms with E-state index in [1.807, 2.05) is 18.0 Å². The summed E-state index contributed by atoms with van der Waals surface area (Å²) in [6.07, 6.45) is 6.35. The van der Waals surface area contributed by atoms with Gasteiger partial charge in [-0.3, -0.25) is 15.7 Å². The van der Waals surface area contributed by atoms with E-state index in [1.165, 1.54) is 17.9 Å². The average Bonchev–Trinajstić information content (AvgIpc) is 3.01. The molecule has 1 fully saturated rings. The Morgan fingerprint density at radius 2 is 2.59 bits per heavy atom. The van der Waals surface area contributed by atoms with Gasteiger partial charge in [0.05, 0.1) is 5.69 Å². The molecule has 0 bridgehead atoms. The highest BCUT2D eigenvalue weighted by Gasteiger charge is 2.25. The van der Waals surface area contributed by atoms with E-state index in [2.05, 4.69) is 26.4 Å².